The minimum Gasteiger partial charge on any atom is -0.496 e. The molecular weight excluding hydrogens is 150 g/mol. The van der Waals surface area contributed by atoms with Crippen molar-refractivity contribution < 1.29 is 4.74 Å². The number of hydrogen-bond donors (Lipinski definition) is 0. The number of methoxy groups -OCH3 is 1. The van der Waals surface area contributed by atoms with Gasteiger partial charge in [-0.05, 0) is 30.7 Å². The van der Waals surface area contributed by atoms with Crippen LogP contribution in [0.1, 0.15) is 5.56 Å². The lowest BCUT2D eigenvalue weighted by molar-refractivity contribution is 0.413. The van der Waals surface area contributed by atoms with Gasteiger partial charge in [0.25, 0.3) is 0 Å². The van der Waals surface area contributed by atoms with Gasteiger partial charge in [-0.15, -0.1) is 0 Å². The average Bonchev–Trinajstić information content (AvgIpc) is 2.04. The van der Waals surface area contributed by atoms with Crippen molar-refractivity contribution in [2.45, 2.75) is 0 Å². The number of benzene rings is 1. The van der Waals surface area contributed by atoms with Crippen molar-refractivity contribution in [3.8, 4) is 5.75 Å². The maximum Gasteiger partial charge on any atom is 0.122 e. The third-order valence-corrected chi connectivity index (χ3v) is 1.78. The molecule has 0 heterocycles. The lowest BCUT2D eigenvalue weighted by atomic mass is 10.2. The highest BCUT2D eigenvalue weighted by atomic mass is 16.5. The van der Waals surface area contributed by atoms with Gasteiger partial charge in [-0.1, -0.05) is 0 Å². The molecule has 0 atom stereocenters. The summed E-state index contributed by atoms with van der Waals surface area (Å²) < 4.78 is 5.10. The molecule has 0 unspecified atom stereocenters. The van der Waals surface area contributed by atoms with Crippen LogP contribution in [-0.4, -0.2) is 21.2 Å². The zero-order chi connectivity index (χ0) is 9.14. The van der Waals surface area contributed by atoms with Gasteiger partial charge in [-0.3, -0.25) is 0 Å². The molecule has 0 aliphatic heterocycles. The van der Waals surface area contributed by atoms with E-state index in [4.69, 9.17) is 4.74 Å². The molecule has 0 saturated carbocycles. The van der Waals surface area contributed by atoms with Crippen molar-refractivity contribution in [2.24, 2.45) is 0 Å². The van der Waals surface area contributed by atoms with Crippen molar-refractivity contribution in [2.75, 3.05) is 26.1 Å². The standard InChI is InChI=1S/C10H14NO/c1-8-7-9(11(2)3)5-6-10(8)12-4/h5-7H,1H2,2-4H3. The summed E-state index contributed by atoms with van der Waals surface area (Å²) in [5, 5.41) is 0. The van der Waals surface area contributed by atoms with Crippen LogP contribution in [0.3, 0.4) is 0 Å². The molecule has 1 rings (SSSR count). The van der Waals surface area contributed by atoms with E-state index in [-0.39, 0.29) is 0 Å². The maximum atomic E-state index is 5.10. The van der Waals surface area contributed by atoms with Crippen LogP contribution >= 0.6 is 0 Å². The summed E-state index contributed by atoms with van der Waals surface area (Å²) in [7, 11) is 5.65. The van der Waals surface area contributed by atoms with Crippen LogP contribution in [-0.2, 0) is 0 Å². The summed E-state index contributed by atoms with van der Waals surface area (Å²) in [6.45, 7) is 3.88. The second-order valence-corrected chi connectivity index (χ2v) is 2.89. The summed E-state index contributed by atoms with van der Waals surface area (Å²) in [6.07, 6.45) is 0. The van der Waals surface area contributed by atoms with Gasteiger partial charge in [-0.2, -0.15) is 0 Å². The molecule has 0 saturated heterocycles. The monoisotopic (exact) mass is 164 g/mol. The second-order valence-electron chi connectivity index (χ2n) is 2.89. The first-order chi connectivity index (χ1) is 5.65. The summed E-state index contributed by atoms with van der Waals surface area (Å²) in [4.78, 5) is 2.04. The predicted molar refractivity (Wildman–Crippen MR) is 51.8 cm³/mol. The van der Waals surface area contributed by atoms with Crippen LogP contribution in [0.5, 0.6) is 5.75 Å². The molecule has 2 heteroatoms. The van der Waals surface area contributed by atoms with E-state index in [1.165, 1.54) is 0 Å². The van der Waals surface area contributed by atoms with Gasteiger partial charge in [0.2, 0.25) is 0 Å². The van der Waals surface area contributed by atoms with Crippen molar-refractivity contribution in [1.82, 2.24) is 0 Å². The molecule has 0 amide bonds. The number of anilines is 1. The Morgan fingerprint density at radius 1 is 1.33 bits per heavy atom. The predicted octanol–water partition coefficient (Wildman–Crippen LogP) is 1.94. The maximum absolute atomic E-state index is 5.10. The summed E-state index contributed by atoms with van der Waals surface area (Å²) in [5.41, 5.74) is 2.06. The zero-order valence-electron chi connectivity index (χ0n) is 7.79. The Balaban J connectivity index is 3.02. The molecule has 0 fully saturated rings. The Hall–Kier alpha value is -1.18. The molecule has 0 N–H and O–H groups in total. The number of nitrogens with zero attached hydrogens (tertiary/aromatic N) is 1. The summed E-state index contributed by atoms with van der Waals surface area (Å²) in [5.74, 6) is 0.834. The van der Waals surface area contributed by atoms with Gasteiger partial charge in [-0.25, -0.2) is 0 Å². The number of ether oxygens (including phenoxy) is 1. The summed E-state index contributed by atoms with van der Waals surface area (Å²) in [6, 6.07) is 5.93. The quantitative estimate of drug-likeness (QED) is 0.662. The van der Waals surface area contributed by atoms with Gasteiger partial charge in [0.15, 0.2) is 0 Å². The Kier molecular flexibility index (Phi) is 2.58. The first-order valence-corrected chi connectivity index (χ1v) is 3.82. The molecule has 1 aromatic carbocycles. The first kappa shape index (κ1) is 8.91. The highest BCUT2D eigenvalue weighted by molar-refractivity contribution is 5.53. The Bertz CT molecular complexity index is 269. The molecule has 65 valence electrons. The Morgan fingerprint density at radius 3 is 2.42 bits per heavy atom. The normalized spacial score (nSPS) is 9.67. The minimum atomic E-state index is 0.834. The van der Waals surface area contributed by atoms with Gasteiger partial charge >= 0.3 is 0 Å². The molecule has 0 aliphatic carbocycles. The van der Waals surface area contributed by atoms with Crippen LogP contribution in [0.4, 0.5) is 5.69 Å². The van der Waals surface area contributed by atoms with Gasteiger partial charge in [0.1, 0.15) is 5.75 Å². The van der Waals surface area contributed by atoms with Gasteiger partial charge < -0.3 is 9.64 Å². The van der Waals surface area contributed by atoms with Crippen molar-refractivity contribution in [1.29, 1.82) is 0 Å². The molecule has 1 radical (unpaired) electrons. The lowest BCUT2D eigenvalue weighted by Gasteiger charge is -2.14. The topological polar surface area (TPSA) is 12.5 Å². The molecule has 12 heavy (non-hydrogen) atoms. The molecular formula is C10H14NO. The van der Waals surface area contributed by atoms with Crippen LogP contribution in [0.15, 0.2) is 18.2 Å². The molecule has 0 bridgehead atoms. The number of hydrogen-bond acceptors (Lipinski definition) is 2. The van der Waals surface area contributed by atoms with E-state index < -0.39 is 0 Å². The van der Waals surface area contributed by atoms with Crippen LogP contribution in [0.25, 0.3) is 0 Å². The first-order valence-electron chi connectivity index (χ1n) is 3.82. The van der Waals surface area contributed by atoms with Crippen molar-refractivity contribution in [3.63, 3.8) is 0 Å². The second kappa shape index (κ2) is 3.48. The van der Waals surface area contributed by atoms with E-state index in [0.29, 0.717) is 0 Å². The Labute approximate surface area is 73.8 Å². The largest absolute Gasteiger partial charge is 0.496 e. The average molecular weight is 164 g/mol. The molecule has 0 aliphatic rings. The fourth-order valence-electron chi connectivity index (χ4n) is 1.04. The Morgan fingerprint density at radius 2 is 2.00 bits per heavy atom. The highest BCUT2D eigenvalue weighted by Gasteiger charge is 2.00. The highest BCUT2D eigenvalue weighted by Crippen LogP contribution is 2.22. The SMILES string of the molecule is [CH2]c1cc(N(C)C)ccc1OC. The third-order valence-electron chi connectivity index (χ3n) is 1.78. The smallest absolute Gasteiger partial charge is 0.122 e. The van der Waals surface area contributed by atoms with Crippen molar-refractivity contribution >= 4 is 5.69 Å². The van der Waals surface area contributed by atoms with E-state index >= 15 is 0 Å². The lowest BCUT2D eigenvalue weighted by Crippen LogP contribution is -2.08. The molecule has 0 aromatic heterocycles. The molecule has 2 nitrogen and oxygen atoms in total. The van der Waals surface area contributed by atoms with Crippen molar-refractivity contribution in [3.05, 3.63) is 30.7 Å². The fourth-order valence-corrected chi connectivity index (χ4v) is 1.04. The van der Waals surface area contributed by atoms with E-state index in [0.717, 1.165) is 17.0 Å². The number of rotatable bonds is 2. The van der Waals surface area contributed by atoms with Gasteiger partial charge in [0, 0.05) is 19.8 Å². The molecule has 1 aromatic rings. The summed E-state index contributed by atoms with van der Waals surface area (Å²) >= 11 is 0. The zero-order valence-corrected chi connectivity index (χ0v) is 7.79. The minimum absolute atomic E-state index is 0.834. The van der Waals surface area contributed by atoms with E-state index in [1.807, 2.05) is 37.2 Å². The van der Waals surface area contributed by atoms with E-state index in [9.17, 15) is 0 Å². The van der Waals surface area contributed by atoms with Crippen LogP contribution < -0.4 is 9.64 Å². The third kappa shape index (κ3) is 1.70. The van der Waals surface area contributed by atoms with E-state index in [1.54, 1.807) is 7.11 Å². The molecule has 0 spiro atoms. The van der Waals surface area contributed by atoms with Crippen LogP contribution in [0, 0.1) is 6.92 Å². The van der Waals surface area contributed by atoms with Gasteiger partial charge in [0.05, 0.1) is 7.11 Å². The fraction of sp³-hybridized carbons (Fsp3) is 0.300. The van der Waals surface area contributed by atoms with E-state index in [2.05, 4.69) is 6.92 Å². The van der Waals surface area contributed by atoms with Crippen LogP contribution in [0.2, 0.25) is 0 Å².